The topological polar surface area (TPSA) is 76.6 Å². The fourth-order valence-corrected chi connectivity index (χ4v) is 1.84. The van der Waals surface area contributed by atoms with Crippen molar-refractivity contribution in [2.45, 2.75) is 26.8 Å². The van der Waals surface area contributed by atoms with Gasteiger partial charge in [0.25, 0.3) is 11.8 Å². The van der Waals surface area contributed by atoms with Gasteiger partial charge >= 0.3 is 0 Å². The zero-order valence-corrected chi connectivity index (χ0v) is 11.9. The molecule has 1 unspecified atom stereocenters. The zero-order valence-electron chi connectivity index (χ0n) is 11.9. The number of benzene rings is 1. The van der Waals surface area contributed by atoms with Crippen LogP contribution >= 0.6 is 0 Å². The first-order valence-corrected chi connectivity index (χ1v) is 6.30. The number of nitrogens with one attached hydrogen (secondary N) is 2. The molecule has 0 saturated heterocycles. The number of carbonyl (C=O) groups is 2. The van der Waals surface area contributed by atoms with Crippen molar-refractivity contribution < 1.29 is 14.5 Å². The molecule has 1 aromatic carbocycles. The Hall–Kier alpha value is -1.88. The molecular formula is C14H22N3O2+. The summed E-state index contributed by atoms with van der Waals surface area (Å²) in [7, 11) is 1.78. The molecule has 19 heavy (non-hydrogen) atoms. The van der Waals surface area contributed by atoms with E-state index >= 15 is 0 Å². The van der Waals surface area contributed by atoms with Gasteiger partial charge < -0.3 is 16.0 Å². The van der Waals surface area contributed by atoms with Gasteiger partial charge in [0.15, 0.2) is 12.6 Å². The number of para-hydroxylation sites is 1. The summed E-state index contributed by atoms with van der Waals surface area (Å²) in [6, 6.07) is 5.47. The largest absolute Gasteiger partial charge is 0.365 e. The number of nitrogens with two attached hydrogens (primary N) is 1. The lowest BCUT2D eigenvalue weighted by molar-refractivity contribution is -0.885. The van der Waals surface area contributed by atoms with Gasteiger partial charge in [0.05, 0.1) is 7.05 Å². The monoisotopic (exact) mass is 264 g/mol. The van der Waals surface area contributed by atoms with Gasteiger partial charge in [-0.2, -0.15) is 0 Å². The Labute approximate surface area is 113 Å². The lowest BCUT2D eigenvalue weighted by atomic mass is 10.1. The van der Waals surface area contributed by atoms with Gasteiger partial charge in [-0.05, 0) is 31.9 Å². The summed E-state index contributed by atoms with van der Waals surface area (Å²) in [5, 5.41) is 2.89. The number of hydrogen-bond donors (Lipinski definition) is 3. The summed E-state index contributed by atoms with van der Waals surface area (Å²) in [5.74, 6) is -0.527. The molecule has 2 atom stereocenters. The van der Waals surface area contributed by atoms with Crippen LogP contribution < -0.4 is 16.0 Å². The van der Waals surface area contributed by atoms with Crippen LogP contribution in [-0.2, 0) is 9.59 Å². The van der Waals surface area contributed by atoms with Crippen molar-refractivity contribution >= 4 is 17.5 Å². The van der Waals surface area contributed by atoms with E-state index in [9.17, 15) is 9.59 Å². The molecule has 2 amide bonds. The van der Waals surface area contributed by atoms with E-state index in [4.69, 9.17) is 5.73 Å². The van der Waals surface area contributed by atoms with Crippen LogP contribution in [0, 0.1) is 13.8 Å². The highest BCUT2D eigenvalue weighted by Crippen LogP contribution is 2.18. The van der Waals surface area contributed by atoms with Gasteiger partial charge in [-0.15, -0.1) is 0 Å². The quantitative estimate of drug-likeness (QED) is 0.678. The highest BCUT2D eigenvalue weighted by atomic mass is 16.2. The highest BCUT2D eigenvalue weighted by molar-refractivity contribution is 5.93. The van der Waals surface area contributed by atoms with Crippen molar-refractivity contribution in [1.82, 2.24) is 0 Å². The van der Waals surface area contributed by atoms with Crippen molar-refractivity contribution in [3.05, 3.63) is 29.3 Å². The lowest BCUT2D eigenvalue weighted by Gasteiger charge is -2.19. The fraction of sp³-hybridized carbons (Fsp3) is 0.429. The average Bonchev–Trinajstić information content (AvgIpc) is 2.32. The maximum Gasteiger partial charge on any atom is 0.279 e. The normalized spacial score (nSPS) is 13.7. The molecule has 0 aliphatic rings. The fourth-order valence-electron chi connectivity index (χ4n) is 1.84. The van der Waals surface area contributed by atoms with E-state index in [0.717, 1.165) is 21.7 Å². The van der Waals surface area contributed by atoms with E-state index in [0.29, 0.717) is 0 Å². The number of hydrogen-bond acceptors (Lipinski definition) is 2. The van der Waals surface area contributed by atoms with Crippen LogP contribution in [0.4, 0.5) is 5.69 Å². The van der Waals surface area contributed by atoms with E-state index in [-0.39, 0.29) is 18.5 Å². The second-order valence-electron chi connectivity index (χ2n) is 4.96. The lowest BCUT2D eigenvalue weighted by Crippen LogP contribution is -3.15. The first-order valence-electron chi connectivity index (χ1n) is 6.30. The van der Waals surface area contributed by atoms with Gasteiger partial charge in [0, 0.05) is 5.69 Å². The molecule has 1 rings (SSSR count). The molecule has 0 radical (unpaired) electrons. The van der Waals surface area contributed by atoms with Crippen LogP contribution in [0.3, 0.4) is 0 Å². The van der Waals surface area contributed by atoms with Crippen molar-refractivity contribution in [2.75, 3.05) is 18.9 Å². The first kappa shape index (κ1) is 15.2. The second-order valence-corrected chi connectivity index (χ2v) is 4.96. The Balaban J connectivity index is 2.68. The Bertz CT molecular complexity index is 465. The minimum Gasteiger partial charge on any atom is -0.365 e. The number of anilines is 1. The Morgan fingerprint density at radius 1 is 1.32 bits per heavy atom. The SMILES string of the molecule is Cc1cccc(C)c1NC(=O)C[NH+](C)[C@@H](C)C(N)=O. The standard InChI is InChI=1S/C14H21N3O2/c1-9-6-5-7-10(2)13(9)16-12(18)8-17(4)11(3)14(15)19/h5-7,11H,8H2,1-4H3,(H2,15,19)(H,16,18)/p+1/t11-/m0/s1. The van der Waals surface area contributed by atoms with Crippen LogP contribution in [0.2, 0.25) is 0 Å². The molecular weight excluding hydrogens is 242 g/mol. The van der Waals surface area contributed by atoms with Crippen molar-refractivity contribution in [3.63, 3.8) is 0 Å². The number of quaternary nitrogens is 1. The number of amides is 2. The average molecular weight is 264 g/mol. The number of primary amides is 1. The molecule has 0 bridgehead atoms. The summed E-state index contributed by atoms with van der Waals surface area (Å²) in [5.41, 5.74) is 8.11. The summed E-state index contributed by atoms with van der Waals surface area (Å²) in [6.07, 6.45) is 0. The molecule has 5 heteroatoms. The van der Waals surface area contributed by atoms with E-state index < -0.39 is 5.91 Å². The van der Waals surface area contributed by atoms with Gasteiger partial charge in [-0.25, -0.2) is 0 Å². The molecule has 5 nitrogen and oxygen atoms in total. The van der Waals surface area contributed by atoms with Gasteiger partial charge in [-0.3, -0.25) is 9.59 Å². The minimum absolute atomic E-state index is 0.122. The van der Waals surface area contributed by atoms with E-state index in [1.165, 1.54) is 0 Å². The highest BCUT2D eigenvalue weighted by Gasteiger charge is 2.21. The van der Waals surface area contributed by atoms with Crippen LogP contribution in [-0.4, -0.2) is 31.4 Å². The van der Waals surface area contributed by atoms with Crippen LogP contribution in [0.15, 0.2) is 18.2 Å². The van der Waals surface area contributed by atoms with E-state index in [1.807, 2.05) is 32.0 Å². The molecule has 0 aromatic heterocycles. The second kappa shape index (κ2) is 6.33. The van der Waals surface area contributed by atoms with Gasteiger partial charge in [0.2, 0.25) is 0 Å². The van der Waals surface area contributed by atoms with Crippen LogP contribution in [0.25, 0.3) is 0 Å². The molecule has 0 heterocycles. The van der Waals surface area contributed by atoms with Gasteiger partial charge in [-0.1, -0.05) is 18.2 Å². The molecule has 0 aliphatic heterocycles. The Morgan fingerprint density at radius 2 is 1.84 bits per heavy atom. The summed E-state index contributed by atoms with van der Waals surface area (Å²) in [6.45, 7) is 5.82. The third-order valence-electron chi connectivity index (χ3n) is 3.35. The molecule has 0 fully saturated rings. The minimum atomic E-state index is -0.405. The molecule has 1 aromatic rings. The van der Waals surface area contributed by atoms with Gasteiger partial charge in [0.1, 0.15) is 0 Å². The Morgan fingerprint density at radius 3 is 2.32 bits per heavy atom. The first-order chi connectivity index (χ1) is 8.82. The maximum atomic E-state index is 12.0. The number of aryl methyl sites for hydroxylation is 2. The maximum absolute atomic E-state index is 12.0. The zero-order chi connectivity index (χ0) is 14.6. The predicted molar refractivity (Wildman–Crippen MR) is 75.0 cm³/mol. The van der Waals surface area contributed by atoms with E-state index in [1.54, 1.807) is 14.0 Å². The third-order valence-corrected chi connectivity index (χ3v) is 3.35. The third kappa shape index (κ3) is 4.06. The van der Waals surface area contributed by atoms with E-state index in [2.05, 4.69) is 5.32 Å². The van der Waals surface area contributed by atoms with Crippen LogP contribution in [0.5, 0.6) is 0 Å². The van der Waals surface area contributed by atoms with Crippen LogP contribution in [0.1, 0.15) is 18.1 Å². The number of rotatable bonds is 5. The molecule has 104 valence electrons. The Kier molecular flexibility index (Phi) is 5.06. The summed E-state index contributed by atoms with van der Waals surface area (Å²) < 4.78 is 0. The van der Waals surface area contributed by atoms with Crippen molar-refractivity contribution in [3.8, 4) is 0 Å². The molecule has 0 saturated carbocycles. The predicted octanol–water partition coefficient (Wildman–Crippen LogP) is -0.370. The molecule has 0 aliphatic carbocycles. The number of likely N-dealkylation sites (N-methyl/N-ethyl adjacent to an activating group) is 1. The number of carbonyl (C=O) groups excluding carboxylic acids is 2. The summed E-state index contributed by atoms with van der Waals surface area (Å²) >= 11 is 0. The van der Waals surface area contributed by atoms with Crippen molar-refractivity contribution in [1.29, 1.82) is 0 Å². The summed E-state index contributed by atoms with van der Waals surface area (Å²) in [4.78, 5) is 23.8. The molecule has 4 N–H and O–H groups in total. The van der Waals surface area contributed by atoms with Crippen molar-refractivity contribution in [2.24, 2.45) is 5.73 Å². The smallest absolute Gasteiger partial charge is 0.279 e. The molecule has 0 spiro atoms.